The number of hydrogen-bond donors (Lipinski definition) is 1. The maximum atomic E-state index is 13.0. The lowest BCUT2D eigenvalue weighted by molar-refractivity contribution is -0.135. The molecular formula is C21H24N4O4S2. The summed E-state index contributed by atoms with van der Waals surface area (Å²) in [6.07, 6.45) is 1.50. The van der Waals surface area contributed by atoms with Gasteiger partial charge in [0, 0.05) is 36.0 Å². The molecule has 4 rings (SSSR count). The van der Waals surface area contributed by atoms with E-state index in [0.717, 1.165) is 11.3 Å². The molecule has 3 aromatic rings. The summed E-state index contributed by atoms with van der Waals surface area (Å²) >= 11 is 1.42. The van der Waals surface area contributed by atoms with E-state index in [4.69, 9.17) is 4.74 Å². The molecule has 1 amide bonds. The first-order valence-corrected chi connectivity index (χ1v) is 12.3. The van der Waals surface area contributed by atoms with Gasteiger partial charge in [-0.2, -0.15) is 0 Å². The maximum Gasteiger partial charge on any atom is 0.263 e. The molecule has 1 aliphatic rings. The lowest BCUT2D eigenvalue weighted by Crippen LogP contribution is -2.42. The molecule has 0 saturated carbocycles. The molecule has 0 atom stereocenters. The fourth-order valence-electron chi connectivity index (χ4n) is 3.31. The number of benzene rings is 1. The van der Waals surface area contributed by atoms with Crippen LogP contribution >= 0.6 is 11.3 Å². The van der Waals surface area contributed by atoms with Crippen LogP contribution < -0.4 is 4.72 Å². The number of ether oxygens (including phenoxy) is 1. The fraction of sp³-hybridized carbons (Fsp3) is 0.333. The molecule has 0 aliphatic carbocycles. The predicted molar refractivity (Wildman–Crippen MR) is 120 cm³/mol. The molecule has 0 spiro atoms. The van der Waals surface area contributed by atoms with Crippen LogP contribution in [0.25, 0.3) is 10.7 Å². The number of nitrogens with zero attached hydrogens (tertiary/aromatic N) is 3. The third-order valence-corrected chi connectivity index (χ3v) is 7.32. The summed E-state index contributed by atoms with van der Waals surface area (Å²) in [4.78, 5) is 19.1. The lowest BCUT2D eigenvalue weighted by atomic mass is 10.2. The molecular weight excluding hydrogens is 436 g/mol. The zero-order chi connectivity index (χ0) is 22.0. The zero-order valence-corrected chi connectivity index (χ0v) is 19.0. The number of thiazole rings is 1. The topological polar surface area (TPSA) is 93.5 Å². The number of amides is 1. The van der Waals surface area contributed by atoms with Crippen LogP contribution in [0.2, 0.25) is 0 Å². The number of hydrogen-bond acceptors (Lipinski definition) is 6. The largest absolute Gasteiger partial charge is 0.378 e. The standard InChI is InChI=1S/C21H24N4O4S2/c1-15-3-5-17(6-4-15)23-31(27,28)18-11-19(21-22-16(2)14-30-21)25(12-18)13-20(26)24-7-9-29-10-8-24/h3-6,11-12,14,23H,7-10,13H2,1-2H3. The van der Waals surface area contributed by atoms with Gasteiger partial charge in [0.1, 0.15) is 16.4 Å². The summed E-state index contributed by atoms with van der Waals surface area (Å²) in [5.74, 6) is -0.0798. The van der Waals surface area contributed by atoms with Gasteiger partial charge in [0.25, 0.3) is 10.0 Å². The second-order valence-corrected chi connectivity index (χ2v) is 9.99. The van der Waals surface area contributed by atoms with Crippen molar-refractivity contribution in [2.75, 3.05) is 31.0 Å². The highest BCUT2D eigenvalue weighted by Gasteiger charge is 2.24. The van der Waals surface area contributed by atoms with Gasteiger partial charge in [0.05, 0.1) is 18.9 Å². The second-order valence-electron chi connectivity index (χ2n) is 7.45. The van der Waals surface area contributed by atoms with Gasteiger partial charge in [-0.25, -0.2) is 13.4 Å². The summed E-state index contributed by atoms with van der Waals surface area (Å²) in [7, 11) is -3.83. The highest BCUT2D eigenvalue weighted by molar-refractivity contribution is 7.92. The first kappa shape index (κ1) is 21.5. The number of anilines is 1. The average Bonchev–Trinajstić information content (AvgIpc) is 3.37. The molecule has 1 N–H and O–H groups in total. The Morgan fingerprint density at radius 3 is 2.55 bits per heavy atom. The Balaban J connectivity index is 1.65. The minimum atomic E-state index is -3.83. The fourth-order valence-corrected chi connectivity index (χ4v) is 5.23. The van der Waals surface area contributed by atoms with Crippen molar-refractivity contribution in [3.63, 3.8) is 0 Å². The van der Waals surface area contributed by atoms with E-state index in [9.17, 15) is 13.2 Å². The average molecular weight is 461 g/mol. The van der Waals surface area contributed by atoms with Crippen LogP contribution in [0.4, 0.5) is 5.69 Å². The van der Waals surface area contributed by atoms with Gasteiger partial charge < -0.3 is 14.2 Å². The first-order valence-electron chi connectivity index (χ1n) is 9.89. The molecule has 1 saturated heterocycles. The van der Waals surface area contributed by atoms with E-state index in [1.54, 1.807) is 27.7 Å². The Labute approximate surface area is 185 Å². The molecule has 1 aromatic carbocycles. The molecule has 0 bridgehead atoms. The number of carbonyl (C=O) groups excluding carboxylic acids is 1. The first-order chi connectivity index (χ1) is 14.8. The molecule has 164 valence electrons. The van der Waals surface area contributed by atoms with Gasteiger partial charge in [-0.15, -0.1) is 11.3 Å². The summed E-state index contributed by atoms with van der Waals surface area (Å²) in [6.45, 7) is 5.94. The monoisotopic (exact) mass is 460 g/mol. The van der Waals surface area contributed by atoms with Crippen molar-refractivity contribution in [2.24, 2.45) is 0 Å². The number of carbonyl (C=O) groups is 1. The van der Waals surface area contributed by atoms with Crippen LogP contribution in [0.5, 0.6) is 0 Å². The van der Waals surface area contributed by atoms with Crippen LogP contribution in [0.15, 0.2) is 46.8 Å². The van der Waals surface area contributed by atoms with Gasteiger partial charge in [-0.1, -0.05) is 17.7 Å². The Hall–Kier alpha value is -2.69. The zero-order valence-electron chi connectivity index (χ0n) is 17.4. The maximum absolute atomic E-state index is 13.0. The van der Waals surface area contributed by atoms with E-state index in [1.165, 1.54) is 17.5 Å². The van der Waals surface area contributed by atoms with Crippen LogP contribution in [0, 0.1) is 13.8 Å². The highest BCUT2D eigenvalue weighted by atomic mass is 32.2. The minimum absolute atomic E-state index is 0.0357. The second kappa shape index (κ2) is 8.81. The molecule has 31 heavy (non-hydrogen) atoms. The highest BCUT2D eigenvalue weighted by Crippen LogP contribution is 2.29. The molecule has 8 nitrogen and oxygen atoms in total. The molecule has 2 aromatic heterocycles. The van der Waals surface area contributed by atoms with Gasteiger partial charge in [-0.3, -0.25) is 9.52 Å². The number of morpholine rings is 1. The van der Waals surface area contributed by atoms with Gasteiger partial charge in [0.15, 0.2) is 0 Å². The van der Waals surface area contributed by atoms with Gasteiger partial charge in [0.2, 0.25) is 5.91 Å². The van der Waals surface area contributed by atoms with E-state index in [-0.39, 0.29) is 17.3 Å². The molecule has 1 aliphatic heterocycles. The molecule has 0 radical (unpaired) electrons. The van der Waals surface area contributed by atoms with Crippen LogP contribution in [0.3, 0.4) is 0 Å². The summed E-state index contributed by atoms with van der Waals surface area (Å²) in [6, 6.07) is 8.69. The smallest absolute Gasteiger partial charge is 0.263 e. The van der Waals surface area contributed by atoms with E-state index in [2.05, 4.69) is 9.71 Å². The Morgan fingerprint density at radius 2 is 1.90 bits per heavy atom. The van der Waals surface area contributed by atoms with Crippen LogP contribution in [-0.4, -0.2) is 55.1 Å². The van der Waals surface area contributed by atoms with Crippen molar-refractivity contribution >= 4 is 33.0 Å². The molecule has 3 heterocycles. The summed E-state index contributed by atoms with van der Waals surface area (Å²) < 4.78 is 35.6. The van der Waals surface area contributed by atoms with Crippen molar-refractivity contribution in [2.45, 2.75) is 25.3 Å². The Kier molecular flexibility index (Phi) is 6.12. The van der Waals surface area contributed by atoms with Crippen molar-refractivity contribution in [3.05, 3.63) is 53.2 Å². The third-order valence-electron chi connectivity index (χ3n) is 4.99. The normalized spacial score (nSPS) is 14.6. The van der Waals surface area contributed by atoms with E-state index in [0.29, 0.717) is 42.7 Å². The van der Waals surface area contributed by atoms with Crippen LogP contribution in [0.1, 0.15) is 11.3 Å². The molecule has 0 unspecified atom stereocenters. The van der Waals surface area contributed by atoms with Crippen molar-refractivity contribution in [1.82, 2.24) is 14.5 Å². The summed E-state index contributed by atoms with van der Waals surface area (Å²) in [5.41, 5.74) is 2.96. The van der Waals surface area contributed by atoms with Crippen molar-refractivity contribution in [1.29, 1.82) is 0 Å². The summed E-state index contributed by atoms with van der Waals surface area (Å²) in [5, 5.41) is 2.57. The van der Waals surface area contributed by atoms with E-state index in [1.807, 2.05) is 31.4 Å². The lowest BCUT2D eigenvalue weighted by Gasteiger charge is -2.27. The third kappa shape index (κ3) is 4.97. The van der Waals surface area contributed by atoms with Crippen molar-refractivity contribution < 1.29 is 17.9 Å². The number of aromatic nitrogens is 2. The predicted octanol–water partition coefficient (Wildman–Crippen LogP) is 2.89. The number of nitrogens with one attached hydrogen (secondary N) is 1. The number of rotatable bonds is 6. The van der Waals surface area contributed by atoms with E-state index < -0.39 is 10.0 Å². The molecule has 10 heteroatoms. The van der Waals surface area contributed by atoms with E-state index >= 15 is 0 Å². The minimum Gasteiger partial charge on any atom is -0.378 e. The SMILES string of the molecule is Cc1ccc(NS(=O)(=O)c2cc(-c3nc(C)cs3)n(CC(=O)N3CCOCC3)c2)cc1. The van der Waals surface area contributed by atoms with Gasteiger partial charge >= 0.3 is 0 Å². The van der Waals surface area contributed by atoms with Crippen molar-refractivity contribution in [3.8, 4) is 10.7 Å². The quantitative estimate of drug-likeness (QED) is 0.611. The number of sulfonamides is 1. The number of aryl methyl sites for hydroxylation is 2. The van der Waals surface area contributed by atoms with Gasteiger partial charge in [-0.05, 0) is 32.0 Å². The molecule has 1 fully saturated rings. The Morgan fingerprint density at radius 1 is 1.19 bits per heavy atom. The Bertz CT molecular complexity index is 1180. The van der Waals surface area contributed by atoms with Crippen LogP contribution in [-0.2, 0) is 26.1 Å².